The number of nitrogens with one attached hydrogen (secondary N) is 1. The summed E-state index contributed by atoms with van der Waals surface area (Å²) in [7, 11) is 1.27. The largest absolute Gasteiger partial charge is 0.471 e. The monoisotopic (exact) mass is 505 g/mol. The summed E-state index contributed by atoms with van der Waals surface area (Å²) in [5, 5.41) is 12.2. The topological polar surface area (TPSA) is 99.2 Å². The van der Waals surface area contributed by atoms with Crippen LogP contribution in [0.15, 0.2) is 48.5 Å². The maximum atomic E-state index is 13.0. The van der Waals surface area contributed by atoms with E-state index in [2.05, 4.69) is 10.1 Å². The van der Waals surface area contributed by atoms with Gasteiger partial charge in [-0.2, -0.15) is 13.2 Å². The summed E-state index contributed by atoms with van der Waals surface area (Å²) in [5.74, 6) is -2.35. The lowest BCUT2D eigenvalue weighted by Crippen LogP contribution is -2.42. The number of halogens is 3. The molecule has 1 aliphatic heterocycles. The molecule has 2 aromatic carbocycles. The van der Waals surface area contributed by atoms with E-state index in [4.69, 9.17) is 0 Å². The fourth-order valence-corrected chi connectivity index (χ4v) is 3.82. The maximum Gasteiger partial charge on any atom is 0.471 e. The van der Waals surface area contributed by atoms with E-state index in [0.717, 1.165) is 16.0 Å². The van der Waals surface area contributed by atoms with Crippen molar-refractivity contribution in [2.24, 2.45) is 0 Å². The third kappa shape index (κ3) is 6.85. The Kier molecular flexibility index (Phi) is 8.70. The number of rotatable bonds is 6. The standard InChI is InChI=1S/C25H26F3N3O5/c1-36-22(33)9-4-17-2-7-21(8-3-17)31(14-15-32)24(35)29-20-6-5-18-10-12-30(13-11-19(18)16-20)23(34)25(26,27)28/h2-9,16,32H,10-15H2,1H3,(H,29,35)/b9-4+. The fraction of sp³-hybridized carbons (Fsp3) is 0.320. The average Bonchev–Trinajstić information content (AvgIpc) is 3.07. The van der Waals surface area contributed by atoms with Gasteiger partial charge in [-0.1, -0.05) is 18.2 Å². The molecular formula is C25H26F3N3O5. The van der Waals surface area contributed by atoms with E-state index in [0.29, 0.717) is 16.9 Å². The summed E-state index contributed by atoms with van der Waals surface area (Å²) >= 11 is 0. The first kappa shape index (κ1) is 26.7. The second-order valence-corrected chi connectivity index (χ2v) is 8.03. The van der Waals surface area contributed by atoms with E-state index in [1.165, 1.54) is 18.1 Å². The van der Waals surface area contributed by atoms with Gasteiger partial charge in [0.1, 0.15) is 0 Å². The Morgan fingerprint density at radius 1 is 1.08 bits per heavy atom. The van der Waals surface area contributed by atoms with Crippen molar-refractivity contribution >= 4 is 35.4 Å². The van der Waals surface area contributed by atoms with Gasteiger partial charge in [-0.05, 0) is 59.9 Å². The molecule has 0 radical (unpaired) electrons. The third-order valence-corrected chi connectivity index (χ3v) is 5.68. The lowest BCUT2D eigenvalue weighted by Gasteiger charge is -2.23. The van der Waals surface area contributed by atoms with E-state index < -0.39 is 24.1 Å². The number of aliphatic hydroxyl groups is 1. The van der Waals surface area contributed by atoms with Crippen LogP contribution in [0.4, 0.5) is 29.3 Å². The molecule has 0 aromatic heterocycles. The molecule has 1 heterocycles. The van der Waals surface area contributed by atoms with Gasteiger partial charge in [0.05, 0.1) is 20.3 Å². The molecule has 192 valence electrons. The summed E-state index contributed by atoms with van der Waals surface area (Å²) in [6, 6.07) is 11.3. The predicted octanol–water partition coefficient (Wildman–Crippen LogP) is 3.39. The van der Waals surface area contributed by atoms with Crippen molar-refractivity contribution in [2.45, 2.75) is 19.0 Å². The summed E-state index contributed by atoms with van der Waals surface area (Å²) in [4.78, 5) is 38.0. The molecular weight excluding hydrogens is 479 g/mol. The molecule has 8 nitrogen and oxygen atoms in total. The Balaban J connectivity index is 1.70. The van der Waals surface area contributed by atoms with Gasteiger partial charge in [-0.25, -0.2) is 9.59 Å². The highest BCUT2D eigenvalue weighted by atomic mass is 19.4. The lowest BCUT2D eigenvalue weighted by atomic mass is 10.0. The minimum Gasteiger partial charge on any atom is -0.466 e. The number of methoxy groups -OCH3 is 1. The Morgan fingerprint density at radius 2 is 1.75 bits per heavy atom. The number of carbonyl (C=O) groups excluding carboxylic acids is 3. The zero-order valence-electron chi connectivity index (χ0n) is 19.5. The number of alkyl halides is 3. The molecule has 36 heavy (non-hydrogen) atoms. The highest BCUT2D eigenvalue weighted by Crippen LogP contribution is 2.25. The Morgan fingerprint density at radius 3 is 2.36 bits per heavy atom. The number of hydrogen-bond donors (Lipinski definition) is 2. The molecule has 2 aromatic rings. The number of hydrogen-bond acceptors (Lipinski definition) is 5. The first-order valence-electron chi connectivity index (χ1n) is 11.2. The van der Waals surface area contributed by atoms with Crippen LogP contribution in [0.2, 0.25) is 0 Å². The van der Waals surface area contributed by atoms with Crippen molar-refractivity contribution in [3.05, 3.63) is 65.2 Å². The summed E-state index contributed by atoms with van der Waals surface area (Å²) in [5.41, 5.74) is 3.22. The van der Waals surface area contributed by atoms with Crippen LogP contribution in [0.3, 0.4) is 0 Å². The highest BCUT2D eigenvalue weighted by molar-refractivity contribution is 6.02. The minimum atomic E-state index is -4.92. The zero-order valence-corrected chi connectivity index (χ0v) is 19.5. The van der Waals surface area contributed by atoms with E-state index in [9.17, 15) is 32.7 Å². The van der Waals surface area contributed by atoms with Crippen LogP contribution in [-0.4, -0.2) is 67.4 Å². The van der Waals surface area contributed by atoms with E-state index in [1.807, 2.05) is 0 Å². The van der Waals surface area contributed by atoms with Gasteiger partial charge >= 0.3 is 24.1 Å². The van der Waals surface area contributed by atoms with Crippen LogP contribution in [0.5, 0.6) is 0 Å². The molecule has 1 aliphatic rings. The van der Waals surface area contributed by atoms with Gasteiger partial charge in [0.25, 0.3) is 0 Å². The second-order valence-electron chi connectivity index (χ2n) is 8.03. The molecule has 0 unspecified atom stereocenters. The number of amides is 3. The van der Waals surface area contributed by atoms with Crippen molar-refractivity contribution in [1.29, 1.82) is 0 Å². The Labute approximate surface area is 205 Å². The van der Waals surface area contributed by atoms with Gasteiger partial charge in [0.15, 0.2) is 0 Å². The number of nitrogens with zero attached hydrogens (tertiary/aromatic N) is 2. The van der Waals surface area contributed by atoms with Crippen LogP contribution in [-0.2, 0) is 27.2 Å². The molecule has 0 bridgehead atoms. The van der Waals surface area contributed by atoms with Crippen molar-refractivity contribution in [3.63, 3.8) is 0 Å². The first-order valence-corrected chi connectivity index (χ1v) is 11.2. The molecule has 0 fully saturated rings. The minimum absolute atomic E-state index is 0.0165. The average molecular weight is 505 g/mol. The molecule has 0 atom stereocenters. The Hall–Kier alpha value is -3.86. The van der Waals surface area contributed by atoms with Crippen LogP contribution in [0.1, 0.15) is 16.7 Å². The van der Waals surface area contributed by atoms with Crippen molar-refractivity contribution in [3.8, 4) is 0 Å². The van der Waals surface area contributed by atoms with Gasteiger partial charge in [0.2, 0.25) is 0 Å². The smallest absolute Gasteiger partial charge is 0.466 e. The van der Waals surface area contributed by atoms with Crippen LogP contribution in [0, 0.1) is 0 Å². The van der Waals surface area contributed by atoms with Gasteiger partial charge in [-0.15, -0.1) is 0 Å². The molecule has 2 N–H and O–H groups in total. The van der Waals surface area contributed by atoms with E-state index in [-0.39, 0.29) is 39.1 Å². The van der Waals surface area contributed by atoms with Gasteiger partial charge in [0, 0.05) is 30.5 Å². The number of anilines is 2. The number of esters is 1. The predicted molar refractivity (Wildman–Crippen MR) is 127 cm³/mol. The normalized spacial score (nSPS) is 13.6. The third-order valence-electron chi connectivity index (χ3n) is 5.68. The number of urea groups is 1. The van der Waals surface area contributed by atoms with Crippen molar-refractivity contribution in [1.82, 2.24) is 4.90 Å². The number of benzene rings is 2. The maximum absolute atomic E-state index is 13.0. The van der Waals surface area contributed by atoms with Gasteiger partial charge < -0.3 is 20.1 Å². The second kappa shape index (κ2) is 11.7. The summed E-state index contributed by atoms with van der Waals surface area (Å²) in [6.45, 7) is -0.379. The molecule has 11 heteroatoms. The molecule has 3 rings (SSSR count). The van der Waals surface area contributed by atoms with Crippen molar-refractivity contribution < 1.29 is 37.4 Å². The van der Waals surface area contributed by atoms with Crippen LogP contribution < -0.4 is 10.2 Å². The molecule has 0 saturated heterocycles. The van der Waals surface area contributed by atoms with Crippen LogP contribution in [0.25, 0.3) is 6.08 Å². The molecule has 0 spiro atoms. The van der Waals surface area contributed by atoms with E-state index >= 15 is 0 Å². The fourth-order valence-electron chi connectivity index (χ4n) is 3.82. The Bertz CT molecular complexity index is 1130. The number of aliphatic hydroxyl groups excluding tert-OH is 1. The quantitative estimate of drug-likeness (QED) is 0.463. The van der Waals surface area contributed by atoms with Gasteiger partial charge in [-0.3, -0.25) is 9.69 Å². The van der Waals surface area contributed by atoms with Crippen molar-refractivity contribution in [2.75, 3.05) is 43.6 Å². The summed E-state index contributed by atoms with van der Waals surface area (Å²) in [6.07, 6.45) is -1.59. The first-order chi connectivity index (χ1) is 17.1. The van der Waals surface area contributed by atoms with E-state index in [1.54, 1.807) is 48.5 Å². The highest BCUT2D eigenvalue weighted by Gasteiger charge is 2.42. The number of carbonyl (C=O) groups is 3. The number of ether oxygens (including phenoxy) is 1. The lowest BCUT2D eigenvalue weighted by molar-refractivity contribution is -0.185. The molecule has 3 amide bonds. The van der Waals surface area contributed by atoms with Crippen LogP contribution >= 0.6 is 0 Å². The molecule has 0 saturated carbocycles. The SMILES string of the molecule is COC(=O)/C=C/c1ccc(N(CCO)C(=O)Nc2ccc3c(c2)CCN(C(=O)C(F)(F)F)CC3)cc1. The number of fused-ring (bicyclic) bond motifs is 1. The summed E-state index contributed by atoms with van der Waals surface area (Å²) < 4.78 is 43.0. The molecule has 0 aliphatic carbocycles. The zero-order chi connectivity index (χ0) is 26.3.